The van der Waals surface area contributed by atoms with E-state index in [0.29, 0.717) is 44.0 Å². The second kappa shape index (κ2) is 9.43. The molecule has 0 radical (unpaired) electrons. The van der Waals surface area contributed by atoms with Crippen LogP contribution in [0, 0.1) is 0 Å². The predicted molar refractivity (Wildman–Crippen MR) is 114 cm³/mol. The van der Waals surface area contributed by atoms with E-state index < -0.39 is 0 Å². The SMILES string of the molecule is C=CCn1c(SCC(=O)Nc2ccc(Cl)cn2)nnc1-c1ccc(Cl)cc1Cl. The summed E-state index contributed by atoms with van der Waals surface area (Å²) in [5.74, 6) is 0.910. The van der Waals surface area contributed by atoms with Crippen LogP contribution in [0.5, 0.6) is 0 Å². The molecule has 0 aliphatic rings. The average molecular weight is 455 g/mol. The summed E-state index contributed by atoms with van der Waals surface area (Å²) in [6.45, 7) is 4.23. The van der Waals surface area contributed by atoms with Crippen LogP contribution in [0.2, 0.25) is 15.1 Å². The van der Waals surface area contributed by atoms with Crippen molar-refractivity contribution in [3.8, 4) is 11.4 Å². The van der Waals surface area contributed by atoms with E-state index in [-0.39, 0.29) is 11.7 Å². The number of hydrogen-bond donors (Lipinski definition) is 1. The molecule has 0 aliphatic heterocycles. The third-order valence-corrected chi connectivity index (χ3v) is 5.27. The van der Waals surface area contributed by atoms with Gasteiger partial charge in [-0.25, -0.2) is 4.98 Å². The summed E-state index contributed by atoms with van der Waals surface area (Å²) in [5.41, 5.74) is 0.696. The number of carbonyl (C=O) groups excluding carboxylic acids is 1. The third-order valence-electron chi connectivity index (χ3n) is 3.53. The van der Waals surface area contributed by atoms with Gasteiger partial charge >= 0.3 is 0 Å². The molecule has 0 atom stereocenters. The molecule has 0 aliphatic carbocycles. The summed E-state index contributed by atoms with van der Waals surface area (Å²) in [6.07, 6.45) is 3.19. The van der Waals surface area contributed by atoms with Gasteiger partial charge in [-0.1, -0.05) is 52.6 Å². The molecular weight excluding hydrogens is 441 g/mol. The molecule has 0 saturated carbocycles. The molecule has 144 valence electrons. The first kappa shape index (κ1) is 20.7. The van der Waals surface area contributed by atoms with Gasteiger partial charge in [-0.05, 0) is 30.3 Å². The first-order valence-corrected chi connectivity index (χ1v) is 10.1. The van der Waals surface area contributed by atoms with Gasteiger partial charge in [-0.2, -0.15) is 0 Å². The van der Waals surface area contributed by atoms with Gasteiger partial charge in [-0.3, -0.25) is 9.36 Å². The third kappa shape index (κ3) is 5.05. The lowest BCUT2D eigenvalue weighted by atomic mass is 10.2. The lowest BCUT2D eigenvalue weighted by molar-refractivity contribution is -0.113. The topological polar surface area (TPSA) is 72.7 Å². The number of thioether (sulfide) groups is 1. The van der Waals surface area contributed by atoms with Gasteiger partial charge in [0, 0.05) is 23.3 Å². The van der Waals surface area contributed by atoms with E-state index in [1.165, 1.54) is 18.0 Å². The highest BCUT2D eigenvalue weighted by Crippen LogP contribution is 2.31. The van der Waals surface area contributed by atoms with E-state index in [1.807, 2.05) is 4.57 Å². The van der Waals surface area contributed by atoms with Gasteiger partial charge < -0.3 is 5.32 Å². The van der Waals surface area contributed by atoms with Gasteiger partial charge in [0.15, 0.2) is 11.0 Å². The van der Waals surface area contributed by atoms with E-state index >= 15 is 0 Å². The number of nitrogens with zero attached hydrogens (tertiary/aromatic N) is 4. The number of pyridine rings is 1. The molecule has 2 heterocycles. The van der Waals surface area contributed by atoms with Gasteiger partial charge in [0.2, 0.25) is 5.91 Å². The fourth-order valence-electron chi connectivity index (χ4n) is 2.32. The number of hydrogen-bond acceptors (Lipinski definition) is 5. The van der Waals surface area contributed by atoms with Crippen molar-refractivity contribution in [1.29, 1.82) is 0 Å². The van der Waals surface area contributed by atoms with Crippen LogP contribution < -0.4 is 5.32 Å². The molecule has 0 unspecified atom stereocenters. The van der Waals surface area contributed by atoms with Gasteiger partial charge in [0.1, 0.15) is 5.82 Å². The van der Waals surface area contributed by atoms with Crippen molar-refractivity contribution in [2.75, 3.05) is 11.1 Å². The first-order valence-electron chi connectivity index (χ1n) is 8.01. The van der Waals surface area contributed by atoms with E-state index in [0.717, 1.165) is 0 Å². The number of benzene rings is 1. The molecule has 0 bridgehead atoms. The molecule has 6 nitrogen and oxygen atoms in total. The molecule has 1 amide bonds. The largest absolute Gasteiger partial charge is 0.310 e. The molecule has 2 aromatic heterocycles. The van der Waals surface area contributed by atoms with Crippen LogP contribution >= 0.6 is 46.6 Å². The molecule has 0 fully saturated rings. The Morgan fingerprint density at radius 1 is 1.18 bits per heavy atom. The van der Waals surface area contributed by atoms with Crippen molar-refractivity contribution in [2.24, 2.45) is 0 Å². The molecular formula is C18H14Cl3N5OS. The highest BCUT2D eigenvalue weighted by molar-refractivity contribution is 7.99. The Labute approximate surface area is 180 Å². The van der Waals surface area contributed by atoms with Crippen molar-refractivity contribution in [3.63, 3.8) is 0 Å². The first-order chi connectivity index (χ1) is 13.5. The number of anilines is 1. The lowest BCUT2D eigenvalue weighted by Crippen LogP contribution is -2.15. The van der Waals surface area contributed by atoms with Crippen LogP contribution in [0.25, 0.3) is 11.4 Å². The Morgan fingerprint density at radius 3 is 2.64 bits per heavy atom. The summed E-state index contributed by atoms with van der Waals surface area (Å²) in [6, 6.07) is 8.44. The minimum atomic E-state index is -0.223. The standard InChI is InChI=1S/C18H14Cl3N5OS/c1-2-7-26-17(13-5-3-11(19)8-14(13)21)24-25-18(26)28-10-16(27)23-15-6-4-12(20)9-22-15/h2-6,8-9H,1,7,10H2,(H,22,23,27). The zero-order chi connectivity index (χ0) is 20.1. The van der Waals surface area contributed by atoms with Crippen molar-refractivity contribution >= 4 is 58.3 Å². The van der Waals surface area contributed by atoms with E-state index in [2.05, 4.69) is 27.1 Å². The van der Waals surface area contributed by atoms with Crippen LogP contribution in [0.4, 0.5) is 5.82 Å². The summed E-state index contributed by atoms with van der Waals surface area (Å²) >= 11 is 19.3. The summed E-state index contributed by atoms with van der Waals surface area (Å²) in [5, 5.41) is 13.2. The fraction of sp³-hybridized carbons (Fsp3) is 0.111. The number of halogens is 3. The molecule has 1 aromatic carbocycles. The molecule has 1 N–H and O–H groups in total. The number of rotatable bonds is 7. The summed E-state index contributed by atoms with van der Waals surface area (Å²) in [7, 11) is 0. The van der Waals surface area contributed by atoms with Crippen LogP contribution in [-0.2, 0) is 11.3 Å². The maximum absolute atomic E-state index is 12.2. The molecule has 10 heteroatoms. The maximum Gasteiger partial charge on any atom is 0.236 e. The second-order valence-electron chi connectivity index (χ2n) is 5.53. The quantitative estimate of drug-likeness (QED) is 0.391. The molecule has 0 spiro atoms. The van der Waals surface area contributed by atoms with Crippen LogP contribution in [0.1, 0.15) is 0 Å². The van der Waals surface area contributed by atoms with Crippen LogP contribution in [-0.4, -0.2) is 31.4 Å². The highest BCUT2D eigenvalue weighted by Gasteiger charge is 2.17. The minimum absolute atomic E-state index is 0.133. The molecule has 0 saturated heterocycles. The minimum Gasteiger partial charge on any atom is -0.310 e. The molecule has 3 rings (SSSR count). The average Bonchev–Trinajstić information content (AvgIpc) is 3.05. The van der Waals surface area contributed by atoms with Crippen molar-refractivity contribution in [2.45, 2.75) is 11.7 Å². The number of allylic oxidation sites excluding steroid dienone is 1. The smallest absolute Gasteiger partial charge is 0.236 e. The Hall–Kier alpha value is -2.06. The van der Waals surface area contributed by atoms with Crippen molar-refractivity contribution in [1.82, 2.24) is 19.7 Å². The number of carbonyl (C=O) groups is 1. The van der Waals surface area contributed by atoms with E-state index in [1.54, 1.807) is 36.4 Å². The summed E-state index contributed by atoms with van der Waals surface area (Å²) in [4.78, 5) is 16.2. The Kier molecular flexibility index (Phi) is 6.96. The van der Waals surface area contributed by atoms with Gasteiger partial charge in [0.05, 0.1) is 15.8 Å². The lowest BCUT2D eigenvalue weighted by Gasteiger charge is -2.09. The van der Waals surface area contributed by atoms with Crippen molar-refractivity contribution < 1.29 is 4.79 Å². The van der Waals surface area contributed by atoms with E-state index in [9.17, 15) is 4.79 Å². The van der Waals surface area contributed by atoms with E-state index in [4.69, 9.17) is 34.8 Å². The number of nitrogens with one attached hydrogen (secondary N) is 1. The number of amides is 1. The zero-order valence-corrected chi connectivity index (χ0v) is 17.5. The van der Waals surface area contributed by atoms with Gasteiger partial charge in [0.25, 0.3) is 0 Å². The molecule has 3 aromatic rings. The normalized spacial score (nSPS) is 10.7. The number of aromatic nitrogens is 4. The van der Waals surface area contributed by atoms with Crippen LogP contribution in [0.15, 0.2) is 54.3 Å². The van der Waals surface area contributed by atoms with Crippen molar-refractivity contribution in [3.05, 3.63) is 64.3 Å². The zero-order valence-electron chi connectivity index (χ0n) is 14.4. The Balaban J connectivity index is 1.75. The highest BCUT2D eigenvalue weighted by atomic mass is 35.5. The Bertz CT molecular complexity index is 1010. The fourth-order valence-corrected chi connectivity index (χ4v) is 3.67. The predicted octanol–water partition coefficient (Wildman–Crippen LogP) is 5.22. The maximum atomic E-state index is 12.2. The molecule has 28 heavy (non-hydrogen) atoms. The monoisotopic (exact) mass is 453 g/mol. The van der Waals surface area contributed by atoms with Crippen LogP contribution in [0.3, 0.4) is 0 Å². The van der Waals surface area contributed by atoms with Gasteiger partial charge in [-0.15, -0.1) is 16.8 Å². The summed E-state index contributed by atoms with van der Waals surface area (Å²) < 4.78 is 1.83. The Morgan fingerprint density at radius 2 is 1.96 bits per heavy atom. The second-order valence-corrected chi connectivity index (χ2v) is 7.75.